The van der Waals surface area contributed by atoms with Gasteiger partial charge in [-0.1, -0.05) is 30.3 Å². The van der Waals surface area contributed by atoms with Crippen LogP contribution in [0.15, 0.2) is 30.3 Å². The molecule has 0 aromatic heterocycles. The maximum atomic E-state index is 13.0. The van der Waals surface area contributed by atoms with E-state index in [0.29, 0.717) is 10.5 Å². The number of hydrogen-bond acceptors (Lipinski definition) is 6. The number of fused-ring (bicyclic) bond motifs is 1. The van der Waals surface area contributed by atoms with E-state index in [1.165, 1.54) is 19.2 Å². The molecule has 3 atom stereocenters. The summed E-state index contributed by atoms with van der Waals surface area (Å²) >= 11 is 0. The molecule has 1 N–H and O–H groups in total. The smallest absolute Gasteiger partial charge is 0.459 e. The third-order valence-electron chi connectivity index (χ3n) is 5.47. The van der Waals surface area contributed by atoms with Gasteiger partial charge in [0, 0.05) is 0 Å². The van der Waals surface area contributed by atoms with Gasteiger partial charge >= 0.3 is 18.1 Å². The average molecular weight is 448 g/mol. The highest BCUT2D eigenvalue weighted by Gasteiger charge is 2.78. The molecule has 0 radical (unpaired) electrons. The zero-order valence-corrected chi connectivity index (χ0v) is 17.0. The summed E-state index contributed by atoms with van der Waals surface area (Å²) in [7, 11) is -4.35. The molecule has 0 unspecified atom stereocenters. The van der Waals surface area contributed by atoms with Crippen molar-refractivity contribution in [2.75, 3.05) is 0 Å². The van der Waals surface area contributed by atoms with Crippen molar-refractivity contribution >= 4 is 27.6 Å². The normalized spacial score (nSPS) is 29.0. The highest BCUT2D eigenvalue weighted by Crippen LogP contribution is 2.50. The highest BCUT2D eigenvalue weighted by molar-refractivity contribution is 7.94. The number of nitrogens with zero attached hydrogens (tertiary/aromatic N) is 1. The van der Waals surface area contributed by atoms with Crippen LogP contribution in [0.5, 0.6) is 0 Å². The van der Waals surface area contributed by atoms with E-state index in [4.69, 9.17) is 4.74 Å². The first-order chi connectivity index (χ1) is 13.7. The summed E-state index contributed by atoms with van der Waals surface area (Å²) in [5.74, 6) is -4.56. The van der Waals surface area contributed by atoms with Crippen LogP contribution in [-0.4, -0.2) is 59.0 Å². The maximum Gasteiger partial charge on any atom is 0.471 e. The molecule has 2 amide bonds. The molecule has 0 aliphatic carbocycles. The Morgan fingerprint density at radius 1 is 1.17 bits per heavy atom. The first-order valence-corrected chi connectivity index (χ1v) is 10.4. The lowest BCUT2D eigenvalue weighted by atomic mass is 9.86. The van der Waals surface area contributed by atoms with Crippen molar-refractivity contribution in [3.8, 4) is 0 Å². The lowest BCUT2D eigenvalue weighted by molar-refractivity contribution is -0.183. The van der Waals surface area contributed by atoms with Crippen LogP contribution in [0.25, 0.3) is 0 Å². The number of carbonyl (C=O) groups is 3. The number of carbonyl (C=O) groups excluding carboxylic acids is 3. The number of benzene rings is 1. The van der Waals surface area contributed by atoms with Crippen molar-refractivity contribution in [3.63, 3.8) is 0 Å². The van der Waals surface area contributed by atoms with Crippen molar-refractivity contribution in [2.24, 2.45) is 0 Å². The Labute approximate surface area is 170 Å². The number of halogens is 3. The fourth-order valence-electron chi connectivity index (χ4n) is 3.81. The first-order valence-electron chi connectivity index (χ1n) is 8.82. The van der Waals surface area contributed by atoms with Crippen LogP contribution in [0.4, 0.5) is 13.2 Å². The molecule has 0 spiro atoms. The molecular weight excluding hydrogens is 429 g/mol. The summed E-state index contributed by atoms with van der Waals surface area (Å²) in [5.41, 5.74) is -1.73. The van der Waals surface area contributed by atoms with Crippen molar-refractivity contribution in [1.29, 1.82) is 0 Å². The van der Waals surface area contributed by atoms with Gasteiger partial charge < -0.3 is 15.0 Å². The SMILES string of the molecule is CC1(C)[C@H](C(=O)OCc2ccccc2)N2C(=O)[C@@](C)(NC(=O)C(F)(F)F)[C@H]2S1(=O)=O. The molecule has 1 aromatic rings. The van der Waals surface area contributed by atoms with Gasteiger partial charge in [0.05, 0.1) is 0 Å². The average Bonchev–Trinajstić information content (AvgIpc) is 2.80. The number of hydrogen-bond donors (Lipinski definition) is 1. The van der Waals surface area contributed by atoms with Gasteiger partial charge in [0.1, 0.15) is 17.4 Å². The molecule has 2 saturated heterocycles. The van der Waals surface area contributed by atoms with E-state index in [1.807, 2.05) is 0 Å². The molecular formula is C18H19F3N2O6S. The Morgan fingerprint density at radius 3 is 2.27 bits per heavy atom. The second kappa shape index (κ2) is 6.69. The van der Waals surface area contributed by atoms with E-state index in [2.05, 4.69) is 0 Å². The van der Waals surface area contributed by atoms with Gasteiger partial charge in [0.2, 0.25) is 0 Å². The van der Waals surface area contributed by atoms with Crippen LogP contribution in [0, 0.1) is 0 Å². The van der Waals surface area contributed by atoms with E-state index in [0.717, 1.165) is 6.92 Å². The van der Waals surface area contributed by atoms with Gasteiger partial charge in [-0.15, -0.1) is 0 Å². The molecule has 30 heavy (non-hydrogen) atoms. The van der Waals surface area contributed by atoms with Gasteiger partial charge in [-0.3, -0.25) is 9.59 Å². The first kappa shape index (κ1) is 22.1. The summed E-state index contributed by atoms with van der Waals surface area (Å²) in [6, 6.07) is 6.93. The van der Waals surface area contributed by atoms with Gasteiger partial charge in [-0.05, 0) is 26.3 Å². The van der Waals surface area contributed by atoms with E-state index in [-0.39, 0.29) is 6.61 Å². The monoisotopic (exact) mass is 448 g/mol. The Kier molecular flexibility index (Phi) is 4.92. The van der Waals surface area contributed by atoms with Crippen LogP contribution < -0.4 is 5.32 Å². The van der Waals surface area contributed by atoms with Crippen molar-refractivity contribution in [2.45, 2.75) is 55.3 Å². The number of alkyl halides is 3. The summed E-state index contributed by atoms with van der Waals surface area (Å²) < 4.78 is 67.4. The number of rotatable bonds is 4. The molecule has 3 rings (SSSR count). The Morgan fingerprint density at radius 2 is 1.73 bits per heavy atom. The van der Waals surface area contributed by atoms with Crippen molar-refractivity contribution in [3.05, 3.63) is 35.9 Å². The van der Waals surface area contributed by atoms with Crippen LogP contribution in [0.2, 0.25) is 0 Å². The van der Waals surface area contributed by atoms with Gasteiger partial charge in [-0.2, -0.15) is 13.2 Å². The minimum absolute atomic E-state index is 0.179. The standard InChI is InChI=1S/C18H19F3N2O6S/c1-16(2)11(12(24)29-9-10-7-5-4-6-8-10)23-14(26)17(3,15(23)30(16,27)28)22-13(25)18(19,20)21/h4-8,11,15H,9H2,1-3H3,(H,22,25)/t11-,15+,17+/m0/s1. The zero-order chi connectivity index (χ0) is 22.7. The Hall–Kier alpha value is -2.63. The fraction of sp³-hybridized carbons (Fsp3) is 0.500. The fourth-order valence-corrected chi connectivity index (χ4v) is 6.20. The quantitative estimate of drug-likeness (QED) is 0.542. The molecule has 8 nitrogen and oxygen atoms in total. The number of sulfone groups is 1. The molecule has 2 fully saturated rings. The Balaban J connectivity index is 1.89. The topological polar surface area (TPSA) is 110 Å². The van der Waals surface area contributed by atoms with E-state index < -0.39 is 55.5 Å². The second-order valence-corrected chi connectivity index (χ2v) is 10.5. The van der Waals surface area contributed by atoms with E-state index >= 15 is 0 Å². The third-order valence-corrected chi connectivity index (χ3v) is 8.44. The van der Waals surface area contributed by atoms with Crippen molar-refractivity contribution < 1.29 is 40.7 Å². The number of amides is 2. The lowest BCUT2D eigenvalue weighted by Gasteiger charge is -2.50. The summed E-state index contributed by atoms with van der Waals surface area (Å²) in [6.45, 7) is 3.09. The number of ether oxygens (including phenoxy) is 1. The number of esters is 1. The lowest BCUT2D eigenvalue weighted by Crippen LogP contribution is -2.80. The summed E-state index contributed by atoms with van der Waals surface area (Å²) in [6.07, 6.45) is -5.31. The van der Waals surface area contributed by atoms with Gasteiger partial charge in [0.15, 0.2) is 20.8 Å². The maximum absolute atomic E-state index is 13.0. The molecule has 12 heteroatoms. The molecule has 164 valence electrons. The predicted molar refractivity (Wildman–Crippen MR) is 96.3 cm³/mol. The molecule has 0 saturated carbocycles. The second-order valence-electron chi connectivity index (χ2n) is 7.86. The molecule has 2 heterocycles. The molecule has 2 aliphatic heterocycles. The van der Waals surface area contributed by atoms with Crippen LogP contribution in [-0.2, 0) is 35.6 Å². The van der Waals surface area contributed by atoms with Crippen LogP contribution in [0.3, 0.4) is 0 Å². The predicted octanol–water partition coefficient (Wildman–Crippen LogP) is 0.911. The van der Waals surface area contributed by atoms with Crippen molar-refractivity contribution in [1.82, 2.24) is 10.2 Å². The number of β-lactam (4-membered cyclic amide) rings is 1. The minimum Gasteiger partial charge on any atom is -0.459 e. The largest absolute Gasteiger partial charge is 0.471 e. The summed E-state index contributed by atoms with van der Waals surface area (Å²) in [4.78, 5) is 37.4. The van der Waals surface area contributed by atoms with Crippen LogP contribution >= 0.6 is 0 Å². The zero-order valence-electron chi connectivity index (χ0n) is 16.2. The van der Waals surface area contributed by atoms with Crippen LogP contribution in [0.1, 0.15) is 26.3 Å². The van der Waals surface area contributed by atoms with Gasteiger partial charge in [0.25, 0.3) is 5.91 Å². The number of nitrogens with one attached hydrogen (secondary N) is 1. The van der Waals surface area contributed by atoms with Gasteiger partial charge in [-0.25, -0.2) is 13.2 Å². The minimum atomic E-state index is -5.31. The molecule has 1 aromatic carbocycles. The summed E-state index contributed by atoms with van der Waals surface area (Å²) in [5, 5.41) is -0.348. The third kappa shape index (κ3) is 3.04. The molecule has 0 bridgehead atoms. The van der Waals surface area contributed by atoms with E-state index in [1.54, 1.807) is 30.3 Å². The highest BCUT2D eigenvalue weighted by atomic mass is 32.2. The van der Waals surface area contributed by atoms with E-state index in [9.17, 15) is 36.0 Å². The molecule has 2 aliphatic rings. The Bertz CT molecular complexity index is 1010.